The van der Waals surface area contributed by atoms with E-state index < -0.39 is 16.1 Å². The fraction of sp³-hybridized carbons (Fsp3) is 0.235. The van der Waals surface area contributed by atoms with Crippen molar-refractivity contribution >= 4 is 49.9 Å². The Morgan fingerprint density at radius 2 is 1.92 bits per heavy atom. The number of nitrogens with zero attached hydrogens (tertiary/aromatic N) is 1. The van der Waals surface area contributed by atoms with Crippen LogP contribution in [0.4, 0.5) is 11.4 Å². The molecule has 0 bridgehead atoms. The molecule has 1 atom stereocenters. The first kappa shape index (κ1) is 18.0. The van der Waals surface area contributed by atoms with Gasteiger partial charge in [-0.25, -0.2) is 8.42 Å². The van der Waals surface area contributed by atoms with Crippen LogP contribution in [0.15, 0.2) is 48.5 Å². The second kappa shape index (κ2) is 7.20. The minimum absolute atomic E-state index is 0.0488. The first-order chi connectivity index (χ1) is 11.9. The van der Waals surface area contributed by atoms with Crippen molar-refractivity contribution in [1.29, 1.82) is 0 Å². The van der Waals surface area contributed by atoms with Gasteiger partial charge in [-0.05, 0) is 65.9 Å². The summed E-state index contributed by atoms with van der Waals surface area (Å²) >= 11 is 2.18. The molecule has 25 heavy (non-hydrogen) atoms. The molecule has 0 saturated heterocycles. The van der Waals surface area contributed by atoms with Crippen LogP contribution in [0.1, 0.15) is 6.92 Å². The molecular weight excluding hydrogens is 455 g/mol. The van der Waals surface area contributed by atoms with Crippen LogP contribution in [0.2, 0.25) is 0 Å². The number of ether oxygens (including phenoxy) is 1. The Morgan fingerprint density at radius 1 is 1.24 bits per heavy atom. The third-order valence-electron chi connectivity index (χ3n) is 3.84. The molecule has 1 N–H and O–H groups in total. The lowest BCUT2D eigenvalue weighted by atomic mass is 10.2. The molecule has 1 aliphatic heterocycles. The van der Waals surface area contributed by atoms with Gasteiger partial charge in [0.05, 0.1) is 18.0 Å². The summed E-state index contributed by atoms with van der Waals surface area (Å²) in [5.74, 6) is -0.0483. The van der Waals surface area contributed by atoms with Gasteiger partial charge in [-0.2, -0.15) is 0 Å². The Bertz CT molecular complexity index is 884. The number of carbonyl (C=O) groups excluding carboxylic acids is 1. The summed E-state index contributed by atoms with van der Waals surface area (Å²) in [5.41, 5.74) is 1.10. The Labute approximate surface area is 160 Å². The van der Waals surface area contributed by atoms with Gasteiger partial charge in [0, 0.05) is 9.26 Å². The van der Waals surface area contributed by atoms with E-state index in [4.69, 9.17) is 4.74 Å². The molecule has 0 unspecified atom stereocenters. The quantitative estimate of drug-likeness (QED) is 0.695. The number of anilines is 2. The van der Waals surface area contributed by atoms with Crippen molar-refractivity contribution < 1.29 is 17.9 Å². The molecule has 3 rings (SSSR count). The normalized spacial score (nSPS) is 16.7. The Hall–Kier alpha value is -1.81. The van der Waals surface area contributed by atoms with Crippen LogP contribution in [0.25, 0.3) is 0 Å². The molecule has 1 aliphatic rings. The van der Waals surface area contributed by atoms with Gasteiger partial charge in [0.25, 0.3) is 5.91 Å². The van der Waals surface area contributed by atoms with Crippen molar-refractivity contribution in [3.8, 4) is 5.75 Å². The summed E-state index contributed by atoms with van der Waals surface area (Å²) in [4.78, 5) is 12.6. The zero-order chi connectivity index (χ0) is 18.0. The molecule has 1 heterocycles. The molecule has 8 heteroatoms. The number of para-hydroxylation sites is 2. The first-order valence-electron chi connectivity index (χ1n) is 7.73. The highest BCUT2D eigenvalue weighted by Gasteiger charge is 2.35. The molecule has 132 valence electrons. The van der Waals surface area contributed by atoms with E-state index in [0.717, 1.165) is 3.57 Å². The predicted molar refractivity (Wildman–Crippen MR) is 105 cm³/mol. The number of halogens is 1. The molecule has 1 amide bonds. The van der Waals surface area contributed by atoms with Crippen molar-refractivity contribution in [2.75, 3.05) is 21.9 Å². The summed E-state index contributed by atoms with van der Waals surface area (Å²) in [5, 5.41) is 2.77. The highest BCUT2D eigenvalue weighted by Crippen LogP contribution is 2.35. The van der Waals surface area contributed by atoms with E-state index in [-0.39, 0.29) is 18.2 Å². The number of hydrogen-bond donors (Lipinski definition) is 1. The summed E-state index contributed by atoms with van der Waals surface area (Å²) < 4.78 is 32.9. The van der Waals surface area contributed by atoms with E-state index in [1.165, 1.54) is 4.31 Å². The molecule has 0 aromatic heterocycles. The van der Waals surface area contributed by atoms with Gasteiger partial charge in [0.1, 0.15) is 5.75 Å². The zero-order valence-corrected chi connectivity index (χ0v) is 16.5. The molecule has 6 nitrogen and oxygen atoms in total. The smallest absolute Gasteiger partial charge is 0.267 e. The minimum atomic E-state index is -3.51. The van der Waals surface area contributed by atoms with Gasteiger partial charge >= 0.3 is 0 Å². The third-order valence-corrected chi connectivity index (χ3v) is 6.31. The van der Waals surface area contributed by atoms with E-state index >= 15 is 0 Å². The maximum absolute atomic E-state index is 12.6. The Morgan fingerprint density at radius 3 is 2.60 bits per heavy atom. The van der Waals surface area contributed by atoms with E-state index in [2.05, 4.69) is 27.9 Å². The number of rotatable bonds is 4. The molecular formula is C17H17IN2O4S. The van der Waals surface area contributed by atoms with Gasteiger partial charge in [0.15, 0.2) is 6.10 Å². The summed E-state index contributed by atoms with van der Waals surface area (Å²) in [6.45, 7) is 1.53. The largest absolute Gasteiger partial charge is 0.476 e. The van der Waals surface area contributed by atoms with E-state index in [9.17, 15) is 13.2 Å². The van der Waals surface area contributed by atoms with Crippen LogP contribution in [0.5, 0.6) is 5.75 Å². The lowest BCUT2D eigenvalue weighted by Crippen LogP contribution is -2.49. The highest BCUT2D eigenvalue weighted by atomic mass is 127. The SMILES string of the molecule is CCS(=O)(=O)N1C[C@@H](C(=O)Nc2ccc(I)cc2)Oc2ccccc21. The second-order valence-electron chi connectivity index (χ2n) is 5.50. The number of amides is 1. The number of carbonyl (C=O) groups is 1. The maximum Gasteiger partial charge on any atom is 0.267 e. The zero-order valence-electron chi connectivity index (χ0n) is 13.5. The van der Waals surface area contributed by atoms with Crippen LogP contribution >= 0.6 is 22.6 Å². The van der Waals surface area contributed by atoms with Crippen LogP contribution < -0.4 is 14.4 Å². The summed E-state index contributed by atoms with van der Waals surface area (Å²) in [7, 11) is -3.51. The average molecular weight is 472 g/mol. The van der Waals surface area contributed by atoms with E-state index in [0.29, 0.717) is 17.1 Å². The topological polar surface area (TPSA) is 75.7 Å². The molecule has 0 saturated carbocycles. The molecule has 2 aromatic carbocycles. The number of nitrogens with one attached hydrogen (secondary N) is 1. The van der Waals surface area contributed by atoms with Crippen LogP contribution in [-0.2, 0) is 14.8 Å². The van der Waals surface area contributed by atoms with Crippen LogP contribution in [0, 0.1) is 3.57 Å². The minimum Gasteiger partial charge on any atom is -0.476 e. The van der Waals surface area contributed by atoms with Crippen LogP contribution in [0.3, 0.4) is 0 Å². The first-order valence-corrected chi connectivity index (χ1v) is 10.4. The average Bonchev–Trinajstić information content (AvgIpc) is 2.62. The van der Waals surface area contributed by atoms with Crippen LogP contribution in [-0.4, -0.2) is 32.7 Å². The summed E-state index contributed by atoms with van der Waals surface area (Å²) in [6.07, 6.45) is -0.921. The number of benzene rings is 2. The van der Waals surface area contributed by atoms with Crippen molar-refractivity contribution in [3.05, 3.63) is 52.1 Å². The van der Waals surface area contributed by atoms with Crippen molar-refractivity contribution in [1.82, 2.24) is 0 Å². The Kier molecular flexibility index (Phi) is 5.19. The van der Waals surface area contributed by atoms with Gasteiger partial charge in [-0.15, -0.1) is 0 Å². The third kappa shape index (κ3) is 3.90. The molecule has 2 aromatic rings. The molecule has 0 radical (unpaired) electrons. The molecule has 0 aliphatic carbocycles. The van der Waals surface area contributed by atoms with Gasteiger partial charge in [-0.1, -0.05) is 12.1 Å². The monoisotopic (exact) mass is 472 g/mol. The van der Waals surface area contributed by atoms with Crippen molar-refractivity contribution in [2.45, 2.75) is 13.0 Å². The predicted octanol–water partition coefficient (Wildman–Crippen LogP) is 2.85. The fourth-order valence-electron chi connectivity index (χ4n) is 2.51. The molecule has 0 fully saturated rings. The van der Waals surface area contributed by atoms with Crippen molar-refractivity contribution in [3.63, 3.8) is 0 Å². The van der Waals surface area contributed by atoms with E-state index in [1.807, 2.05) is 12.1 Å². The highest BCUT2D eigenvalue weighted by molar-refractivity contribution is 14.1. The molecule has 0 spiro atoms. The Balaban J connectivity index is 1.86. The standard InChI is InChI=1S/C17H17IN2O4S/c1-2-25(22,23)20-11-16(24-15-6-4-3-5-14(15)20)17(21)19-13-9-7-12(18)8-10-13/h3-10,16H,2,11H2,1H3,(H,19,21)/t16-/m0/s1. The van der Waals surface area contributed by atoms with Gasteiger partial charge < -0.3 is 10.1 Å². The fourth-order valence-corrected chi connectivity index (χ4v) is 4.00. The van der Waals surface area contributed by atoms with Gasteiger partial charge in [0.2, 0.25) is 10.0 Å². The maximum atomic E-state index is 12.6. The number of hydrogen-bond acceptors (Lipinski definition) is 4. The summed E-state index contributed by atoms with van der Waals surface area (Å²) in [6, 6.07) is 14.2. The second-order valence-corrected chi connectivity index (χ2v) is 8.93. The van der Waals surface area contributed by atoms with Crippen molar-refractivity contribution in [2.24, 2.45) is 0 Å². The van der Waals surface area contributed by atoms with Gasteiger partial charge in [-0.3, -0.25) is 9.10 Å². The lowest BCUT2D eigenvalue weighted by molar-refractivity contribution is -0.122. The number of sulfonamides is 1. The van der Waals surface area contributed by atoms with E-state index in [1.54, 1.807) is 43.3 Å². The number of fused-ring (bicyclic) bond motifs is 1. The lowest BCUT2D eigenvalue weighted by Gasteiger charge is -2.34.